The van der Waals surface area contributed by atoms with E-state index < -0.39 is 11.2 Å². The van der Waals surface area contributed by atoms with E-state index in [0.29, 0.717) is 28.9 Å². The molecule has 0 aliphatic carbocycles. The molecule has 2 aromatic rings. The third kappa shape index (κ3) is 4.97. The fourth-order valence-electron chi connectivity index (χ4n) is 2.72. The van der Waals surface area contributed by atoms with Crippen molar-refractivity contribution in [2.24, 2.45) is 0 Å². The van der Waals surface area contributed by atoms with Crippen LogP contribution in [-0.4, -0.2) is 32.4 Å². The van der Waals surface area contributed by atoms with Crippen LogP contribution in [0.2, 0.25) is 0 Å². The number of rotatable bonds is 8. The number of benzene rings is 1. The summed E-state index contributed by atoms with van der Waals surface area (Å²) in [6, 6.07) is 6.83. The van der Waals surface area contributed by atoms with Gasteiger partial charge in [-0.25, -0.2) is 5.10 Å². The van der Waals surface area contributed by atoms with Gasteiger partial charge in [0.1, 0.15) is 5.25 Å². The molecule has 7 nitrogen and oxygen atoms in total. The topological polar surface area (TPSA) is 112 Å². The zero-order valence-electron chi connectivity index (χ0n) is 15.5. The van der Waals surface area contributed by atoms with Crippen LogP contribution in [0.3, 0.4) is 0 Å². The zero-order chi connectivity index (χ0) is 20.0. The molecule has 0 aliphatic rings. The summed E-state index contributed by atoms with van der Waals surface area (Å²) in [6.07, 6.45) is 1.33. The number of aromatic nitrogens is 2. The first-order chi connectivity index (χ1) is 12.9. The number of nitrogens with one attached hydrogen (secondary N) is 2. The molecule has 1 aromatic heterocycles. The van der Waals surface area contributed by atoms with Gasteiger partial charge < -0.3 is 10.4 Å². The number of thioether (sulfide) groups is 1. The number of carboxylic acid groups (broad SMARTS) is 1. The van der Waals surface area contributed by atoms with E-state index in [2.05, 4.69) is 15.5 Å². The molecule has 0 radical (unpaired) electrons. The highest BCUT2D eigenvalue weighted by Crippen LogP contribution is 2.27. The highest BCUT2D eigenvalue weighted by atomic mass is 32.2. The number of aliphatic carboxylic acids is 1. The number of hydrogen-bond donors (Lipinski definition) is 3. The molecule has 3 N–H and O–H groups in total. The lowest BCUT2D eigenvalue weighted by Crippen LogP contribution is -2.29. The number of amides is 1. The zero-order valence-corrected chi connectivity index (χ0v) is 16.4. The normalized spacial score (nSPS) is 11.8. The van der Waals surface area contributed by atoms with E-state index in [1.165, 1.54) is 0 Å². The van der Waals surface area contributed by atoms with E-state index in [1.54, 1.807) is 31.2 Å². The molecule has 1 amide bonds. The summed E-state index contributed by atoms with van der Waals surface area (Å²) < 4.78 is 0. The molecular formula is C19H23N3O4S. The molecule has 27 heavy (non-hydrogen) atoms. The lowest BCUT2D eigenvalue weighted by Gasteiger charge is -2.13. The van der Waals surface area contributed by atoms with Crippen LogP contribution in [0.1, 0.15) is 48.0 Å². The molecule has 0 fully saturated rings. The summed E-state index contributed by atoms with van der Waals surface area (Å²) in [7, 11) is 0. The van der Waals surface area contributed by atoms with Crippen LogP contribution < -0.4 is 10.9 Å². The molecule has 0 aliphatic heterocycles. The second-order valence-corrected chi connectivity index (χ2v) is 7.32. The van der Waals surface area contributed by atoms with Crippen molar-refractivity contribution in [1.82, 2.24) is 15.5 Å². The van der Waals surface area contributed by atoms with Crippen molar-refractivity contribution >= 4 is 23.6 Å². The molecular weight excluding hydrogens is 366 g/mol. The van der Waals surface area contributed by atoms with Gasteiger partial charge in [0.05, 0.1) is 11.3 Å². The van der Waals surface area contributed by atoms with Crippen LogP contribution >= 0.6 is 11.8 Å². The quantitative estimate of drug-likeness (QED) is 0.598. The number of carbonyl (C=O) groups excluding carboxylic acids is 1. The third-order valence-corrected chi connectivity index (χ3v) is 5.34. The summed E-state index contributed by atoms with van der Waals surface area (Å²) >= 11 is 1.11. The molecule has 0 saturated carbocycles. The van der Waals surface area contributed by atoms with E-state index in [-0.39, 0.29) is 18.0 Å². The number of carbonyl (C=O) groups is 2. The van der Waals surface area contributed by atoms with Crippen molar-refractivity contribution in [1.29, 1.82) is 0 Å². The summed E-state index contributed by atoms with van der Waals surface area (Å²) in [5.41, 5.74) is 2.24. The van der Waals surface area contributed by atoms with Crippen molar-refractivity contribution in [3.63, 3.8) is 0 Å². The minimum Gasteiger partial charge on any atom is -0.480 e. The molecule has 0 saturated heterocycles. The van der Waals surface area contributed by atoms with E-state index >= 15 is 0 Å². The summed E-state index contributed by atoms with van der Waals surface area (Å²) in [6.45, 7) is 5.55. The lowest BCUT2D eigenvalue weighted by atomic mass is 10.0. The van der Waals surface area contributed by atoms with Gasteiger partial charge in [-0.1, -0.05) is 26.0 Å². The molecule has 1 aromatic carbocycles. The van der Waals surface area contributed by atoms with Gasteiger partial charge in [0.2, 0.25) is 0 Å². The summed E-state index contributed by atoms with van der Waals surface area (Å²) in [4.78, 5) is 36.5. The van der Waals surface area contributed by atoms with E-state index in [4.69, 9.17) is 5.11 Å². The van der Waals surface area contributed by atoms with Crippen molar-refractivity contribution in [2.45, 2.75) is 50.3 Å². The minimum atomic E-state index is -0.946. The van der Waals surface area contributed by atoms with Gasteiger partial charge in [-0.05, 0) is 37.5 Å². The highest BCUT2D eigenvalue weighted by molar-refractivity contribution is 8.00. The van der Waals surface area contributed by atoms with E-state index in [1.807, 2.05) is 13.8 Å². The molecule has 0 spiro atoms. The molecule has 2 rings (SSSR count). The van der Waals surface area contributed by atoms with Gasteiger partial charge in [0, 0.05) is 17.0 Å². The Bertz CT molecular complexity index is 895. The van der Waals surface area contributed by atoms with Crippen molar-refractivity contribution in [3.05, 3.63) is 57.0 Å². The fourth-order valence-corrected chi connectivity index (χ4v) is 3.65. The van der Waals surface area contributed by atoms with Gasteiger partial charge in [-0.3, -0.25) is 14.4 Å². The minimum absolute atomic E-state index is 0.0837. The van der Waals surface area contributed by atoms with Crippen molar-refractivity contribution in [3.8, 4) is 0 Å². The Balaban J connectivity index is 2.23. The Morgan fingerprint density at radius 2 is 1.93 bits per heavy atom. The summed E-state index contributed by atoms with van der Waals surface area (Å²) in [5, 5.41) is 17.7. The fraction of sp³-hybridized carbons (Fsp3) is 0.368. The van der Waals surface area contributed by atoms with Gasteiger partial charge in [-0.15, -0.1) is 11.8 Å². The Labute approximate surface area is 161 Å². The Morgan fingerprint density at radius 3 is 2.56 bits per heavy atom. The number of aromatic amines is 1. The number of H-pyrrole nitrogens is 1. The Morgan fingerprint density at radius 1 is 1.22 bits per heavy atom. The van der Waals surface area contributed by atoms with Crippen molar-refractivity contribution in [2.75, 3.05) is 0 Å². The molecule has 1 unspecified atom stereocenters. The van der Waals surface area contributed by atoms with Gasteiger partial charge in [0.15, 0.2) is 0 Å². The van der Waals surface area contributed by atoms with Crippen molar-refractivity contribution < 1.29 is 14.7 Å². The second kappa shape index (κ2) is 9.36. The maximum absolute atomic E-state index is 12.7. The molecule has 8 heteroatoms. The third-order valence-electron chi connectivity index (χ3n) is 4.18. The van der Waals surface area contributed by atoms with Crippen LogP contribution in [0, 0.1) is 0 Å². The second-order valence-electron chi connectivity index (χ2n) is 5.94. The molecule has 1 atom stereocenters. The van der Waals surface area contributed by atoms with Crippen LogP contribution in [0.15, 0.2) is 34.0 Å². The first-order valence-electron chi connectivity index (χ1n) is 8.74. The number of hydrogen-bond acceptors (Lipinski definition) is 5. The Kier molecular flexibility index (Phi) is 7.18. The van der Waals surface area contributed by atoms with Crippen LogP contribution in [-0.2, 0) is 24.2 Å². The van der Waals surface area contributed by atoms with Crippen LogP contribution in [0.25, 0.3) is 0 Å². The molecule has 0 bridgehead atoms. The predicted molar refractivity (Wildman–Crippen MR) is 104 cm³/mol. The largest absolute Gasteiger partial charge is 0.480 e. The molecule has 144 valence electrons. The first-order valence-corrected chi connectivity index (χ1v) is 9.62. The Hall–Kier alpha value is -2.61. The number of aryl methyl sites for hydroxylation is 1. The number of nitrogens with zero attached hydrogens (tertiary/aromatic N) is 1. The van der Waals surface area contributed by atoms with Gasteiger partial charge in [0.25, 0.3) is 11.5 Å². The van der Waals surface area contributed by atoms with E-state index in [9.17, 15) is 14.4 Å². The van der Waals surface area contributed by atoms with Gasteiger partial charge in [-0.2, -0.15) is 5.10 Å². The maximum Gasteiger partial charge on any atom is 0.316 e. The first kappa shape index (κ1) is 20.7. The molecule has 1 heterocycles. The highest BCUT2D eigenvalue weighted by Gasteiger charge is 2.19. The monoisotopic (exact) mass is 389 g/mol. The lowest BCUT2D eigenvalue weighted by molar-refractivity contribution is -0.136. The SMILES string of the molecule is CCc1n[nH]c(=O)c(CNC(=O)c2ccccc2SC(C)C(=O)O)c1CC. The van der Waals surface area contributed by atoms with Crippen LogP contribution in [0.5, 0.6) is 0 Å². The van der Waals surface area contributed by atoms with E-state index in [0.717, 1.165) is 23.0 Å². The average Bonchev–Trinajstić information content (AvgIpc) is 2.66. The summed E-state index contributed by atoms with van der Waals surface area (Å²) in [5.74, 6) is -1.30. The number of carboxylic acids is 1. The van der Waals surface area contributed by atoms with Gasteiger partial charge >= 0.3 is 5.97 Å². The maximum atomic E-state index is 12.7. The predicted octanol–water partition coefficient (Wildman–Crippen LogP) is 2.39. The smallest absolute Gasteiger partial charge is 0.316 e. The standard InChI is InChI=1S/C19H23N3O4S/c1-4-12-14(18(24)22-21-15(12)5-2)10-20-17(23)13-8-6-7-9-16(13)27-11(3)19(25)26/h6-9,11H,4-5,10H2,1-3H3,(H,20,23)(H,22,24)(H,25,26). The average molecular weight is 389 g/mol. The van der Waals surface area contributed by atoms with Crippen LogP contribution in [0.4, 0.5) is 0 Å².